The average Bonchev–Trinajstić information content (AvgIpc) is 3.24. The zero-order chi connectivity index (χ0) is 46.3. The molecule has 63 heavy (non-hydrogen) atoms. The molecule has 0 fully saturated rings. The van der Waals surface area contributed by atoms with E-state index in [0.717, 1.165) is 83.5 Å². The molecule has 0 aliphatic carbocycles. The van der Waals surface area contributed by atoms with E-state index >= 15 is 0 Å². The van der Waals surface area contributed by atoms with Crippen molar-refractivity contribution in [3.8, 4) is 0 Å². The minimum Gasteiger partial charge on any atom is -0.477 e. The van der Waals surface area contributed by atoms with Gasteiger partial charge in [-0.05, 0) is 89.9 Å². The van der Waals surface area contributed by atoms with Crippen LogP contribution in [0, 0.1) is 0 Å². The number of rotatable bonds is 43. The first-order valence-electron chi connectivity index (χ1n) is 24.8. The Balaban J connectivity index is 4.43. The third-order valence-corrected chi connectivity index (χ3v) is 10.5. The highest BCUT2D eigenvalue weighted by atomic mass is 16.6. The van der Waals surface area contributed by atoms with E-state index in [2.05, 4.69) is 111 Å². The van der Waals surface area contributed by atoms with E-state index in [-0.39, 0.29) is 36.2 Å². The van der Waals surface area contributed by atoms with E-state index < -0.39 is 18.1 Å². The molecule has 0 heterocycles. The van der Waals surface area contributed by atoms with Gasteiger partial charge in [0.2, 0.25) is 0 Å². The predicted molar refractivity (Wildman–Crippen MR) is 266 cm³/mol. The largest absolute Gasteiger partial charge is 0.477 e. The quantitative estimate of drug-likeness (QED) is 0.0214. The van der Waals surface area contributed by atoms with Crippen LogP contribution < -0.4 is 0 Å². The van der Waals surface area contributed by atoms with Crippen LogP contribution in [0.1, 0.15) is 181 Å². The lowest BCUT2D eigenvalue weighted by Crippen LogP contribution is -2.50. The molecule has 8 nitrogen and oxygen atoms in total. The summed E-state index contributed by atoms with van der Waals surface area (Å²) >= 11 is 0. The van der Waals surface area contributed by atoms with Crippen molar-refractivity contribution in [2.75, 3.05) is 41.0 Å². The van der Waals surface area contributed by atoms with Gasteiger partial charge in [0.15, 0.2) is 12.1 Å². The van der Waals surface area contributed by atoms with E-state index in [4.69, 9.17) is 14.2 Å². The fourth-order valence-electron chi connectivity index (χ4n) is 6.64. The third kappa shape index (κ3) is 43.3. The summed E-state index contributed by atoms with van der Waals surface area (Å²) in [6, 6.07) is -0.632. The van der Waals surface area contributed by atoms with Gasteiger partial charge in [-0.1, -0.05) is 169 Å². The number of carbonyl (C=O) groups is 3. The number of carbonyl (C=O) groups excluding carboxylic acids is 2. The number of quaternary nitrogens is 1. The standard InChI is InChI=1S/C55H91NO7/c1-6-8-10-12-14-16-18-20-22-24-26-27-28-30-31-33-35-37-39-41-43-45-53(57)62-50-51(49-61-48-47-52(55(59)60)56(3,4)5)63-54(58)46-44-42-40-38-36-34-32-29-25-23-21-19-17-15-13-11-9-7-2/h14,16,19-23,25-27,29-32,35,37,51-52H,6-13,15,17-18,24,28,33-34,36,38-50H2,1-5H3/p+1/b16-14+,21-19+,22-20+,25-23+,27-26+,31-30+,32-29+,37-35+. The second-order valence-electron chi connectivity index (χ2n) is 17.4. The number of likely N-dealkylation sites (N-methyl/N-ethyl adjacent to an activating group) is 1. The molecule has 0 spiro atoms. The molecular weight excluding hydrogens is 787 g/mol. The minimum atomic E-state index is -0.888. The Morgan fingerprint density at radius 3 is 1.43 bits per heavy atom. The van der Waals surface area contributed by atoms with Crippen LogP contribution in [0.15, 0.2) is 97.2 Å². The van der Waals surface area contributed by atoms with E-state index in [1.807, 2.05) is 21.1 Å². The second kappa shape index (κ2) is 44.8. The molecule has 2 unspecified atom stereocenters. The summed E-state index contributed by atoms with van der Waals surface area (Å²) < 4.78 is 17.3. The van der Waals surface area contributed by atoms with E-state index in [1.165, 1.54) is 57.8 Å². The lowest BCUT2D eigenvalue weighted by molar-refractivity contribution is -0.887. The molecule has 0 radical (unpaired) electrons. The van der Waals surface area contributed by atoms with Crippen LogP contribution in [-0.4, -0.2) is 80.6 Å². The van der Waals surface area contributed by atoms with Gasteiger partial charge in [-0.15, -0.1) is 0 Å². The molecule has 0 aliphatic heterocycles. The van der Waals surface area contributed by atoms with Gasteiger partial charge in [0.25, 0.3) is 0 Å². The Hall–Kier alpha value is -3.75. The lowest BCUT2D eigenvalue weighted by atomic mass is 10.1. The fraction of sp³-hybridized carbons (Fsp3) is 0.655. The highest BCUT2D eigenvalue weighted by molar-refractivity contribution is 5.72. The summed E-state index contributed by atoms with van der Waals surface area (Å²) in [4.78, 5) is 37.1. The van der Waals surface area contributed by atoms with E-state index in [9.17, 15) is 19.5 Å². The highest BCUT2D eigenvalue weighted by Crippen LogP contribution is 2.12. The molecule has 0 aromatic carbocycles. The van der Waals surface area contributed by atoms with Crippen molar-refractivity contribution < 1.29 is 38.2 Å². The third-order valence-electron chi connectivity index (χ3n) is 10.5. The molecule has 2 atom stereocenters. The Labute approximate surface area is 386 Å². The zero-order valence-electron chi connectivity index (χ0n) is 40.7. The summed E-state index contributed by atoms with van der Waals surface area (Å²) in [5, 5.41) is 9.64. The molecule has 0 amide bonds. The summed E-state index contributed by atoms with van der Waals surface area (Å²) in [5.74, 6) is -1.56. The van der Waals surface area contributed by atoms with Gasteiger partial charge in [0, 0.05) is 19.3 Å². The Kier molecular flexibility index (Phi) is 42.2. The molecule has 1 N–H and O–H groups in total. The van der Waals surface area contributed by atoms with Gasteiger partial charge >= 0.3 is 17.9 Å². The molecule has 0 saturated heterocycles. The number of carboxylic acid groups (broad SMARTS) is 1. The molecule has 0 rings (SSSR count). The smallest absolute Gasteiger partial charge is 0.362 e. The lowest BCUT2D eigenvalue weighted by Gasteiger charge is -2.31. The molecule has 0 aliphatic rings. The van der Waals surface area contributed by atoms with Crippen molar-refractivity contribution in [2.24, 2.45) is 0 Å². The summed E-state index contributed by atoms with van der Waals surface area (Å²) in [6.45, 7) is 4.61. The maximum absolute atomic E-state index is 12.8. The highest BCUT2D eigenvalue weighted by Gasteiger charge is 2.31. The maximum atomic E-state index is 12.8. The first-order chi connectivity index (χ1) is 30.6. The number of aliphatic carboxylic acids is 1. The fourth-order valence-corrected chi connectivity index (χ4v) is 6.64. The van der Waals surface area contributed by atoms with Gasteiger partial charge in [-0.2, -0.15) is 0 Å². The number of allylic oxidation sites excluding steroid dienone is 16. The number of hydrogen-bond donors (Lipinski definition) is 1. The molecule has 0 bridgehead atoms. The first kappa shape index (κ1) is 59.2. The number of nitrogens with zero attached hydrogens (tertiary/aromatic N) is 1. The Morgan fingerprint density at radius 2 is 0.905 bits per heavy atom. The SMILES string of the molecule is CCCCC/C=C/C/C=C/C/C=C/C/C=C/C/C=C/CCCCC(=O)OCC(COCCC(C(=O)O)[N+](C)(C)C)OC(=O)CCCCCCC/C=C/C=C/C=C/CCCCCCC. The van der Waals surface area contributed by atoms with Crippen LogP contribution in [-0.2, 0) is 28.6 Å². The number of esters is 2. The topological polar surface area (TPSA) is 99.1 Å². The van der Waals surface area contributed by atoms with Gasteiger partial charge in [-0.25, -0.2) is 4.79 Å². The van der Waals surface area contributed by atoms with Crippen LogP contribution in [0.25, 0.3) is 0 Å². The van der Waals surface area contributed by atoms with Crippen LogP contribution >= 0.6 is 0 Å². The number of unbranched alkanes of at least 4 members (excludes halogenated alkanes) is 15. The molecule has 0 aromatic rings. The monoisotopic (exact) mass is 879 g/mol. The van der Waals surface area contributed by atoms with Crippen molar-refractivity contribution >= 4 is 17.9 Å². The van der Waals surface area contributed by atoms with Crippen LogP contribution in [0.2, 0.25) is 0 Å². The predicted octanol–water partition coefficient (Wildman–Crippen LogP) is 14.2. The normalized spacial score (nSPS) is 13.7. The van der Waals surface area contributed by atoms with Gasteiger partial charge in [-0.3, -0.25) is 9.59 Å². The second-order valence-corrected chi connectivity index (χ2v) is 17.4. The summed E-state index contributed by atoms with van der Waals surface area (Å²) in [7, 11) is 5.50. The van der Waals surface area contributed by atoms with Crippen molar-refractivity contribution in [1.82, 2.24) is 0 Å². The van der Waals surface area contributed by atoms with Gasteiger partial charge in [0.1, 0.15) is 6.61 Å². The molecule has 8 heteroatoms. The van der Waals surface area contributed by atoms with E-state index in [0.29, 0.717) is 25.7 Å². The van der Waals surface area contributed by atoms with Crippen molar-refractivity contribution in [1.29, 1.82) is 0 Å². The van der Waals surface area contributed by atoms with Crippen molar-refractivity contribution in [2.45, 2.75) is 193 Å². The number of ether oxygens (including phenoxy) is 3. The Bertz CT molecular complexity index is 1350. The minimum absolute atomic E-state index is 0.0326. The first-order valence-corrected chi connectivity index (χ1v) is 24.8. The van der Waals surface area contributed by atoms with E-state index in [1.54, 1.807) is 0 Å². The molecule has 0 saturated carbocycles. The van der Waals surface area contributed by atoms with Crippen molar-refractivity contribution in [3.63, 3.8) is 0 Å². The van der Waals surface area contributed by atoms with Crippen molar-refractivity contribution in [3.05, 3.63) is 97.2 Å². The van der Waals surface area contributed by atoms with Crippen LogP contribution in [0.3, 0.4) is 0 Å². The molecular formula is C55H92NO7+. The van der Waals surface area contributed by atoms with Crippen LogP contribution in [0.4, 0.5) is 0 Å². The average molecular weight is 879 g/mol. The number of carboxylic acids is 1. The Morgan fingerprint density at radius 1 is 0.492 bits per heavy atom. The zero-order valence-corrected chi connectivity index (χ0v) is 40.7. The van der Waals surface area contributed by atoms with Gasteiger partial charge in [0.05, 0.1) is 34.4 Å². The molecule has 358 valence electrons. The maximum Gasteiger partial charge on any atom is 0.362 e. The number of hydrogen-bond acceptors (Lipinski definition) is 6. The summed E-state index contributed by atoms with van der Waals surface area (Å²) in [6.07, 6.45) is 60.2. The summed E-state index contributed by atoms with van der Waals surface area (Å²) in [5.41, 5.74) is 0. The van der Waals surface area contributed by atoms with Gasteiger partial charge < -0.3 is 23.8 Å². The molecule has 0 aromatic heterocycles. The van der Waals surface area contributed by atoms with Crippen LogP contribution in [0.5, 0.6) is 0 Å².